The molecule has 0 unspecified atom stereocenters. The minimum atomic E-state index is -4.67. The molecule has 4 heterocycles. The van der Waals surface area contributed by atoms with Crippen LogP contribution < -0.4 is 9.64 Å². The molecular formula is C51H55N3O9S. The van der Waals surface area contributed by atoms with Crippen molar-refractivity contribution in [3.8, 4) is 5.75 Å². The van der Waals surface area contributed by atoms with E-state index in [1.165, 1.54) is 17.7 Å². The normalized spacial score (nSPS) is 18.5. The zero-order valence-corrected chi connectivity index (χ0v) is 38.1. The number of hydroxylamine groups is 2. The van der Waals surface area contributed by atoms with Gasteiger partial charge in [0.25, 0.3) is 11.8 Å². The fourth-order valence-electron chi connectivity index (χ4n) is 8.83. The summed E-state index contributed by atoms with van der Waals surface area (Å²) >= 11 is 0. The quantitative estimate of drug-likeness (QED) is 0.0449. The monoisotopic (exact) mass is 885 g/mol. The lowest BCUT2D eigenvalue weighted by atomic mass is 9.81. The van der Waals surface area contributed by atoms with Crippen molar-refractivity contribution in [1.29, 1.82) is 0 Å². The molecule has 0 N–H and O–H groups in total. The summed E-state index contributed by atoms with van der Waals surface area (Å²) in [5.74, 6) is -0.128. The summed E-state index contributed by atoms with van der Waals surface area (Å²) in [5.41, 5.74) is 8.03. The maximum atomic E-state index is 12.3. The van der Waals surface area contributed by atoms with E-state index in [1.807, 2.05) is 80.6 Å². The Kier molecular flexibility index (Phi) is 13.5. The van der Waals surface area contributed by atoms with Gasteiger partial charge in [-0.1, -0.05) is 72.9 Å². The lowest BCUT2D eigenvalue weighted by Gasteiger charge is -2.43. The molecule has 0 atom stereocenters. The Balaban J connectivity index is 1.11. The number of carbonyl (C=O) groups excluding carboxylic acids is 3. The van der Waals surface area contributed by atoms with E-state index in [9.17, 15) is 27.4 Å². The minimum absolute atomic E-state index is 0.0357. The maximum absolute atomic E-state index is 12.3. The lowest BCUT2D eigenvalue weighted by molar-refractivity contribution is -0.438. The number of carbonyl (C=O) groups is 3. The Morgan fingerprint density at radius 1 is 0.906 bits per heavy atom. The number of benzene rings is 3. The molecule has 2 amide bonds. The zero-order valence-electron chi connectivity index (χ0n) is 37.3. The van der Waals surface area contributed by atoms with Crippen LogP contribution in [-0.4, -0.2) is 78.4 Å². The van der Waals surface area contributed by atoms with E-state index in [0.717, 1.165) is 63.0 Å². The van der Waals surface area contributed by atoms with Crippen LogP contribution in [0.5, 0.6) is 5.75 Å². The van der Waals surface area contributed by atoms with Gasteiger partial charge in [0.05, 0.1) is 22.5 Å². The van der Waals surface area contributed by atoms with Gasteiger partial charge in [-0.3, -0.25) is 9.59 Å². The second kappa shape index (κ2) is 18.9. The first-order valence-corrected chi connectivity index (χ1v) is 23.0. The Morgan fingerprint density at radius 2 is 1.62 bits per heavy atom. The molecule has 4 aliphatic heterocycles. The number of nitrogens with zero attached hydrogens (tertiary/aromatic N) is 3. The third-order valence-electron chi connectivity index (χ3n) is 12.1. The molecule has 1 fully saturated rings. The number of fused-ring (bicyclic) bond motifs is 3. The number of anilines is 1. The number of methoxy groups -OCH3 is 1. The van der Waals surface area contributed by atoms with Crippen LogP contribution in [0.25, 0.3) is 16.9 Å². The smallest absolute Gasteiger partial charge is 0.333 e. The average Bonchev–Trinajstić information content (AvgIpc) is 3.67. The van der Waals surface area contributed by atoms with Gasteiger partial charge in [0.2, 0.25) is 5.69 Å². The second-order valence-corrected chi connectivity index (χ2v) is 18.7. The number of ether oxygens (including phenoxy) is 2. The van der Waals surface area contributed by atoms with Gasteiger partial charge < -0.3 is 23.8 Å². The van der Waals surface area contributed by atoms with Gasteiger partial charge in [-0.15, -0.1) is 5.06 Å². The number of rotatable bonds is 16. The molecule has 0 aromatic heterocycles. The molecule has 0 spiro atoms. The van der Waals surface area contributed by atoms with E-state index in [0.29, 0.717) is 37.5 Å². The summed E-state index contributed by atoms with van der Waals surface area (Å²) in [7, 11) is -2.95. The molecule has 7 rings (SSSR count). The summed E-state index contributed by atoms with van der Waals surface area (Å²) in [6.45, 7) is 12.5. The number of amides is 2. The summed E-state index contributed by atoms with van der Waals surface area (Å²) < 4.78 is 50.3. The molecule has 0 aliphatic carbocycles. The second-order valence-electron chi connectivity index (χ2n) is 17.4. The number of hydrogen-bond donors (Lipinski definition) is 0. The van der Waals surface area contributed by atoms with Gasteiger partial charge in [-0.2, -0.15) is 4.58 Å². The van der Waals surface area contributed by atoms with Crippen LogP contribution in [0.15, 0.2) is 120 Å². The van der Waals surface area contributed by atoms with Crippen LogP contribution in [0.3, 0.4) is 0 Å². The largest absolute Gasteiger partial charge is 0.744 e. The first-order valence-electron chi connectivity index (χ1n) is 21.6. The maximum Gasteiger partial charge on any atom is 0.333 e. The predicted molar refractivity (Wildman–Crippen MR) is 247 cm³/mol. The molecule has 3 aromatic rings. The minimum Gasteiger partial charge on any atom is -0.744 e. The first-order chi connectivity index (χ1) is 30.5. The fraction of sp³-hybridized carbons (Fsp3) is 0.333. The highest BCUT2D eigenvalue weighted by Gasteiger charge is 2.44. The van der Waals surface area contributed by atoms with Gasteiger partial charge in [0, 0.05) is 85.5 Å². The first kappa shape index (κ1) is 45.9. The SMILES string of the molecule is COCCN1c2cc3c(cc2C(C)=CC1(C)C)/C(=C/C=C/C=C/C=C/C1=[N+](CCCCCC(=O)ON2C(=O)CCC2=O)c2ccc(S(=O)(=O)[O-])cc2C1(C)C)C=C(c1ccccc1)O3. The molecule has 12 nitrogen and oxygen atoms in total. The van der Waals surface area contributed by atoms with Gasteiger partial charge in [0.1, 0.15) is 28.2 Å². The highest BCUT2D eigenvalue weighted by atomic mass is 32.2. The van der Waals surface area contributed by atoms with Crippen molar-refractivity contribution in [1.82, 2.24) is 5.06 Å². The van der Waals surface area contributed by atoms with E-state index in [2.05, 4.69) is 60.6 Å². The van der Waals surface area contributed by atoms with Crippen molar-refractivity contribution < 1.29 is 46.2 Å². The van der Waals surface area contributed by atoms with Crippen molar-refractivity contribution in [2.24, 2.45) is 0 Å². The predicted octanol–water partition coefficient (Wildman–Crippen LogP) is 8.97. The number of unbranched alkanes of at least 4 members (excludes halogenated alkanes) is 2. The van der Waals surface area contributed by atoms with Gasteiger partial charge in [-0.05, 0) is 82.9 Å². The molecule has 1 saturated heterocycles. The lowest BCUT2D eigenvalue weighted by Crippen LogP contribution is -2.46. The topological polar surface area (TPSA) is 146 Å². The summed E-state index contributed by atoms with van der Waals surface area (Å²) in [6.07, 6.45) is 20.1. The van der Waals surface area contributed by atoms with Crippen LogP contribution in [0.2, 0.25) is 0 Å². The summed E-state index contributed by atoms with van der Waals surface area (Å²) in [4.78, 5) is 43.1. The fourth-order valence-corrected chi connectivity index (χ4v) is 9.32. The third-order valence-corrected chi connectivity index (χ3v) is 12.9. The van der Waals surface area contributed by atoms with Gasteiger partial charge in [-0.25, -0.2) is 13.2 Å². The van der Waals surface area contributed by atoms with Crippen LogP contribution in [-0.2, 0) is 39.5 Å². The summed E-state index contributed by atoms with van der Waals surface area (Å²) in [5, 5.41) is 0.560. The van der Waals surface area contributed by atoms with Gasteiger partial charge >= 0.3 is 5.97 Å². The van der Waals surface area contributed by atoms with E-state index in [4.69, 9.17) is 14.3 Å². The Bertz CT molecular complexity index is 2670. The van der Waals surface area contributed by atoms with Crippen LogP contribution in [0.1, 0.15) is 95.4 Å². The molecule has 334 valence electrons. The molecule has 3 aromatic carbocycles. The van der Waals surface area contributed by atoms with Crippen LogP contribution in [0.4, 0.5) is 11.4 Å². The molecule has 64 heavy (non-hydrogen) atoms. The molecule has 0 radical (unpaired) electrons. The van der Waals surface area contributed by atoms with E-state index in [1.54, 1.807) is 13.2 Å². The van der Waals surface area contributed by atoms with Crippen molar-refractivity contribution >= 4 is 61.9 Å². The number of hydrogen-bond acceptors (Lipinski definition) is 10. The number of allylic oxidation sites excluding steroid dienone is 10. The highest BCUT2D eigenvalue weighted by Crippen LogP contribution is 2.47. The average molecular weight is 886 g/mol. The Hall–Kier alpha value is -6.15. The molecule has 0 saturated carbocycles. The molecular weight excluding hydrogens is 831 g/mol. The highest BCUT2D eigenvalue weighted by molar-refractivity contribution is 7.85. The van der Waals surface area contributed by atoms with Crippen molar-refractivity contribution in [2.45, 2.75) is 89.0 Å². The molecule has 4 aliphatic rings. The van der Waals surface area contributed by atoms with Crippen LogP contribution >= 0.6 is 0 Å². The van der Waals surface area contributed by atoms with Crippen LogP contribution in [0, 0.1) is 0 Å². The number of imide groups is 1. The van der Waals surface area contributed by atoms with E-state index >= 15 is 0 Å². The van der Waals surface area contributed by atoms with Crippen molar-refractivity contribution in [2.75, 3.05) is 31.7 Å². The van der Waals surface area contributed by atoms with Gasteiger partial charge in [0.15, 0.2) is 5.71 Å². The standard InChI is InChI=1S/C51H55N3O9S/c1-35-34-50(2,3)53(28-29-61-6)43-33-45-40(32-39(35)43)37(30-44(62-45)36-18-13-10-14-19-36)20-12-8-7-9-15-21-46-51(4,5)41-31-38(64(58,59)60)23-24-42(41)52(46)27-17-11-16-22-49(57)63-54-47(55)25-26-48(54)56/h7-10,12-15,18-21,23-24,30-34H,11,16-17,22,25-29H2,1-6H3. The molecule has 0 bridgehead atoms. The zero-order chi connectivity index (χ0) is 45.8. The summed E-state index contributed by atoms with van der Waals surface area (Å²) in [6, 6.07) is 18.9. The third kappa shape index (κ3) is 9.81. The van der Waals surface area contributed by atoms with Crippen molar-refractivity contribution in [3.05, 3.63) is 138 Å². The Labute approximate surface area is 375 Å². The van der Waals surface area contributed by atoms with E-state index < -0.39 is 33.3 Å². The van der Waals surface area contributed by atoms with E-state index in [-0.39, 0.29) is 29.7 Å². The molecule has 13 heteroatoms. The Morgan fingerprint density at radius 3 is 2.34 bits per heavy atom. The van der Waals surface area contributed by atoms with Crippen molar-refractivity contribution in [3.63, 3.8) is 0 Å².